The first-order chi connectivity index (χ1) is 9.16. The van der Waals surface area contributed by atoms with Gasteiger partial charge in [0.25, 0.3) is 6.43 Å². The van der Waals surface area contributed by atoms with Crippen molar-refractivity contribution in [3.63, 3.8) is 0 Å². The topological polar surface area (TPSA) is 78.1 Å². The zero-order valence-corrected chi connectivity index (χ0v) is 12.8. The molecule has 2 N–H and O–H groups in total. The van der Waals surface area contributed by atoms with E-state index in [4.69, 9.17) is 0 Å². The van der Waals surface area contributed by atoms with E-state index >= 15 is 0 Å². The van der Waals surface area contributed by atoms with Crippen molar-refractivity contribution in [3.05, 3.63) is 11.4 Å². The minimum atomic E-state index is -3.98. The lowest BCUT2D eigenvalue weighted by Gasteiger charge is -2.17. The van der Waals surface area contributed by atoms with Gasteiger partial charge in [-0.15, -0.1) is 0 Å². The van der Waals surface area contributed by atoms with Gasteiger partial charge in [0.2, 0.25) is 10.0 Å². The molecule has 6 nitrogen and oxygen atoms in total. The monoisotopic (exact) mass is 310 g/mol. The van der Waals surface area contributed by atoms with Crippen molar-refractivity contribution >= 4 is 10.0 Å². The summed E-state index contributed by atoms with van der Waals surface area (Å²) in [6.07, 6.45) is -2.72. The SMILES string of the molecule is Cc1[nH]nc(CNC(C)C)c1S(=O)(=O)N(C)CC(F)F. The predicted molar refractivity (Wildman–Crippen MR) is 71.1 cm³/mol. The zero-order chi connectivity index (χ0) is 15.5. The van der Waals surface area contributed by atoms with Crippen molar-refractivity contribution in [2.24, 2.45) is 0 Å². The molecule has 0 aliphatic rings. The molecule has 0 spiro atoms. The third-order valence-corrected chi connectivity index (χ3v) is 4.73. The van der Waals surface area contributed by atoms with Gasteiger partial charge in [0, 0.05) is 19.6 Å². The second kappa shape index (κ2) is 6.59. The molecule has 0 saturated carbocycles. The summed E-state index contributed by atoms with van der Waals surface area (Å²) in [6, 6.07) is 0.154. The smallest absolute Gasteiger partial charge is 0.252 e. The molecule has 9 heteroatoms. The summed E-state index contributed by atoms with van der Waals surface area (Å²) in [5, 5.41) is 9.58. The molecule has 0 atom stereocenters. The van der Waals surface area contributed by atoms with E-state index in [1.165, 1.54) is 0 Å². The number of halogens is 2. The van der Waals surface area contributed by atoms with Crippen LogP contribution in [0.5, 0.6) is 0 Å². The quantitative estimate of drug-likeness (QED) is 0.790. The summed E-state index contributed by atoms with van der Waals surface area (Å²) in [6.45, 7) is 4.78. The minimum Gasteiger partial charge on any atom is -0.309 e. The molecule has 0 amide bonds. The van der Waals surface area contributed by atoms with Gasteiger partial charge >= 0.3 is 0 Å². The highest BCUT2D eigenvalue weighted by atomic mass is 32.2. The third kappa shape index (κ3) is 3.97. The fourth-order valence-corrected chi connectivity index (χ4v) is 3.15. The Morgan fingerprint density at radius 1 is 1.40 bits per heavy atom. The number of hydrogen-bond acceptors (Lipinski definition) is 4. The van der Waals surface area contributed by atoms with E-state index in [1.54, 1.807) is 6.92 Å². The molecule has 1 aromatic heterocycles. The van der Waals surface area contributed by atoms with Crippen LogP contribution in [0.3, 0.4) is 0 Å². The molecule has 0 fully saturated rings. The Morgan fingerprint density at radius 2 is 2.00 bits per heavy atom. The Hall–Kier alpha value is -1.06. The van der Waals surface area contributed by atoms with Gasteiger partial charge in [-0.3, -0.25) is 5.10 Å². The Balaban J connectivity index is 3.08. The molecule has 0 unspecified atom stereocenters. The summed E-state index contributed by atoms with van der Waals surface area (Å²) in [5.74, 6) is 0. The highest BCUT2D eigenvalue weighted by molar-refractivity contribution is 7.89. The van der Waals surface area contributed by atoms with Crippen LogP contribution in [-0.2, 0) is 16.6 Å². The van der Waals surface area contributed by atoms with E-state index in [0.29, 0.717) is 15.7 Å². The standard InChI is InChI=1S/C11H20F2N4O2S/c1-7(2)14-5-9-11(8(3)15-16-9)20(18,19)17(4)6-10(12)13/h7,10,14H,5-6H2,1-4H3,(H,15,16). The highest BCUT2D eigenvalue weighted by Gasteiger charge is 2.29. The Morgan fingerprint density at radius 3 is 2.50 bits per heavy atom. The van der Waals surface area contributed by atoms with Gasteiger partial charge in [0.1, 0.15) is 4.90 Å². The lowest BCUT2D eigenvalue weighted by atomic mass is 10.3. The van der Waals surface area contributed by atoms with E-state index in [0.717, 1.165) is 7.05 Å². The summed E-state index contributed by atoms with van der Waals surface area (Å²) >= 11 is 0. The van der Waals surface area contributed by atoms with Gasteiger partial charge in [0.05, 0.1) is 17.9 Å². The first-order valence-electron chi connectivity index (χ1n) is 6.18. The van der Waals surface area contributed by atoms with Crippen LogP contribution in [0.2, 0.25) is 0 Å². The number of nitrogens with one attached hydrogen (secondary N) is 2. The molecule has 116 valence electrons. The van der Waals surface area contributed by atoms with Crippen LogP contribution < -0.4 is 5.32 Å². The van der Waals surface area contributed by atoms with Gasteiger partial charge in [-0.1, -0.05) is 13.8 Å². The molecule has 1 aromatic rings. The largest absolute Gasteiger partial charge is 0.309 e. The van der Waals surface area contributed by atoms with Gasteiger partial charge in [-0.2, -0.15) is 9.40 Å². The summed E-state index contributed by atoms with van der Waals surface area (Å²) < 4.78 is 50.0. The van der Waals surface area contributed by atoms with Gasteiger partial charge in [0.15, 0.2) is 0 Å². The Labute approximate surface area is 117 Å². The van der Waals surface area contributed by atoms with E-state index in [-0.39, 0.29) is 17.5 Å². The maximum Gasteiger partial charge on any atom is 0.252 e. The molecular formula is C11H20F2N4O2S. The summed E-state index contributed by atoms with van der Waals surface area (Å²) in [7, 11) is -2.85. The number of H-pyrrole nitrogens is 1. The zero-order valence-electron chi connectivity index (χ0n) is 11.9. The average molecular weight is 310 g/mol. The van der Waals surface area contributed by atoms with Crippen LogP contribution in [0, 0.1) is 6.92 Å². The van der Waals surface area contributed by atoms with Gasteiger partial charge < -0.3 is 5.32 Å². The molecule has 20 heavy (non-hydrogen) atoms. The molecule has 0 radical (unpaired) electrons. The highest BCUT2D eigenvalue weighted by Crippen LogP contribution is 2.22. The molecule has 1 heterocycles. The van der Waals surface area contributed by atoms with Crippen molar-refractivity contribution in [3.8, 4) is 0 Å². The number of aryl methyl sites for hydroxylation is 1. The molecule has 1 rings (SSSR count). The van der Waals surface area contributed by atoms with E-state index < -0.39 is 23.0 Å². The molecule has 0 aliphatic carbocycles. The Bertz CT molecular complexity index is 543. The molecule has 0 aliphatic heterocycles. The van der Waals surface area contributed by atoms with Crippen molar-refractivity contribution in [1.29, 1.82) is 0 Å². The van der Waals surface area contributed by atoms with Crippen LogP contribution in [0.15, 0.2) is 4.90 Å². The minimum absolute atomic E-state index is 0.0335. The van der Waals surface area contributed by atoms with Crippen molar-refractivity contribution in [2.75, 3.05) is 13.6 Å². The predicted octanol–water partition coefficient (Wildman–Crippen LogP) is 1.10. The second-order valence-electron chi connectivity index (χ2n) is 4.84. The number of sulfonamides is 1. The van der Waals surface area contributed by atoms with Gasteiger partial charge in [-0.05, 0) is 6.92 Å². The summed E-state index contributed by atoms with van der Waals surface area (Å²) in [4.78, 5) is -0.0335. The van der Waals surface area contributed by atoms with E-state index in [9.17, 15) is 17.2 Å². The van der Waals surface area contributed by atoms with Crippen LogP contribution in [0.25, 0.3) is 0 Å². The lowest BCUT2D eigenvalue weighted by Crippen LogP contribution is -2.33. The Kier molecular flexibility index (Phi) is 5.60. The molecule has 0 saturated heterocycles. The maximum atomic E-state index is 12.4. The van der Waals surface area contributed by atoms with Gasteiger partial charge in [-0.25, -0.2) is 17.2 Å². The number of aromatic nitrogens is 2. The fraction of sp³-hybridized carbons (Fsp3) is 0.727. The van der Waals surface area contributed by atoms with Crippen molar-refractivity contribution in [1.82, 2.24) is 19.8 Å². The number of rotatable bonds is 7. The molecule has 0 bridgehead atoms. The second-order valence-corrected chi connectivity index (χ2v) is 6.82. The number of hydrogen-bond donors (Lipinski definition) is 2. The summed E-state index contributed by atoms with van der Waals surface area (Å²) in [5.41, 5.74) is 0.643. The maximum absolute atomic E-state index is 12.4. The first kappa shape index (κ1) is 17.0. The fourth-order valence-electron chi connectivity index (χ4n) is 1.68. The van der Waals surface area contributed by atoms with Crippen LogP contribution in [-0.4, -0.2) is 49.0 Å². The average Bonchev–Trinajstić information content (AvgIpc) is 2.67. The van der Waals surface area contributed by atoms with Crippen molar-refractivity contribution in [2.45, 2.75) is 44.7 Å². The normalized spacial score (nSPS) is 12.8. The number of alkyl halides is 2. The first-order valence-corrected chi connectivity index (χ1v) is 7.62. The van der Waals surface area contributed by atoms with Crippen LogP contribution >= 0.6 is 0 Å². The lowest BCUT2D eigenvalue weighted by molar-refractivity contribution is 0.126. The number of nitrogens with zero attached hydrogens (tertiary/aromatic N) is 2. The van der Waals surface area contributed by atoms with Crippen LogP contribution in [0.4, 0.5) is 8.78 Å². The molecular weight excluding hydrogens is 290 g/mol. The third-order valence-electron chi connectivity index (χ3n) is 2.70. The van der Waals surface area contributed by atoms with Crippen LogP contribution in [0.1, 0.15) is 25.2 Å². The molecule has 0 aromatic carbocycles. The number of aromatic amines is 1. The van der Waals surface area contributed by atoms with E-state index in [1.807, 2.05) is 13.8 Å². The van der Waals surface area contributed by atoms with E-state index in [2.05, 4.69) is 15.5 Å². The van der Waals surface area contributed by atoms with Crippen molar-refractivity contribution < 1.29 is 17.2 Å².